The summed E-state index contributed by atoms with van der Waals surface area (Å²) < 4.78 is 4.99. The molecular weight excluding hydrogens is 380 g/mol. The van der Waals surface area contributed by atoms with Gasteiger partial charge in [0.05, 0.1) is 6.54 Å². The van der Waals surface area contributed by atoms with Crippen LogP contribution in [0.4, 0.5) is 21.0 Å². The topological polar surface area (TPSA) is 77.7 Å². The monoisotopic (exact) mass is 402 g/mol. The van der Waals surface area contributed by atoms with Gasteiger partial charge in [-0.3, -0.25) is 4.90 Å². The first-order valence-electron chi connectivity index (χ1n) is 10.0. The molecule has 3 amide bonds. The lowest BCUT2D eigenvalue weighted by Gasteiger charge is -2.27. The second kappa shape index (κ2) is 7.59. The summed E-state index contributed by atoms with van der Waals surface area (Å²) in [6.07, 6.45) is 4.61. The van der Waals surface area contributed by atoms with E-state index in [1.165, 1.54) is 16.5 Å². The Bertz CT molecular complexity index is 1150. The molecule has 2 aromatic carbocycles. The van der Waals surface area contributed by atoms with Crippen LogP contribution in [-0.4, -0.2) is 48.2 Å². The van der Waals surface area contributed by atoms with Gasteiger partial charge in [0, 0.05) is 47.1 Å². The minimum atomic E-state index is -0.357. The predicted molar refractivity (Wildman–Crippen MR) is 117 cm³/mol. The highest BCUT2D eigenvalue weighted by Gasteiger charge is 2.24. The average Bonchev–Trinajstić information content (AvgIpc) is 3.40. The van der Waals surface area contributed by atoms with Crippen molar-refractivity contribution in [1.29, 1.82) is 0 Å². The maximum absolute atomic E-state index is 12.7. The highest BCUT2D eigenvalue weighted by Crippen LogP contribution is 2.29. The molecule has 2 aliphatic rings. The zero-order chi connectivity index (χ0) is 20.5. The lowest BCUT2D eigenvalue weighted by atomic mass is 9.99. The number of para-hydroxylation sites is 1. The van der Waals surface area contributed by atoms with E-state index in [-0.39, 0.29) is 12.1 Å². The molecule has 152 valence electrons. The number of rotatable bonds is 3. The summed E-state index contributed by atoms with van der Waals surface area (Å²) in [5.74, 6) is 0. The molecule has 5 rings (SSSR count). The molecule has 2 aliphatic heterocycles. The van der Waals surface area contributed by atoms with Gasteiger partial charge in [0.15, 0.2) is 0 Å². The van der Waals surface area contributed by atoms with Crippen LogP contribution in [0.15, 0.2) is 60.8 Å². The Kier molecular flexibility index (Phi) is 4.63. The minimum absolute atomic E-state index is 0.148. The molecule has 0 bridgehead atoms. The van der Waals surface area contributed by atoms with Crippen LogP contribution in [0.1, 0.15) is 12.0 Å². The Morgan fingerprint density at radius 3 is 2.80 bits per heavy atom. The number of carbonyl (C=O) groups excluding carboxylic acids is 2. The molecule has 0 atom stereocenters. The lowest BCUT2D eigenvalue weighted by molar-refractivity contribution is 0.181. The molecule has 1 saturated heterocycles. The first kappa shape index (κ1) is 18.3. The Labute approximate surface area is 173 Å². The smallest absolute Gasteiger partial charge is 0.414 e. The molecular formula is C23H22N4O3. The Morgan fingerprint density at radius 2 is 2.00 bits per heavy atom. The third kappa shape index (κ3) is 3.39. The summed E-state index contributed by atoms with van der Waals surface area (Å²) in [5, 5.41) is 4.15. The van der Waals surface area contributed by atoms with E-state index in [1.807, 2.05) is 36.5 Å². The van der Waals surface area contributed by atoms with Crippen LogP contribution < -0.4 is 10.2 Å². The lowest BCUT2D eigenvalue weighted by Crippen LogP contribution is -2.37. The SMILES string of the molecule is O=C(Nc1cccc(N2CCOC2=O)c1)N1CC=C(c2c[nH]c3ccccc23)CC1. The predicted octanol–water partition coefficient (Wildman–Crippen LogP) is 4.45. The number of carbonyl (C=O) groups is 2. The molecule has 2 N–H and O–H groups in total. The fraction of sp³-hybridized carbons (Fsp3) is 0.217. The molecule has 0 saturated carbocycles. The normalized spacial score (nSPS) is 16.5. The number of cyclic esters (lactones) is 1. The van der Waals surface area contributed by atoms with Crippen molar-refractivity contribution in [3.05, 3.63) is 66.4 Å². The Hall–Kier alpha value is -3.74. The maximum Gasteiger partial charge on any atom is 0.414 e. The van der Waals surface area contributed by atoms with Crippen molar-refractivity contribution in [3.8, 4) is 0 Å². The number of anilines is 2. The fourth-order valence-electron chi connectivity index (χ4n) is 4.02. The molecule has 30 heavy (non-hydrogen) atoms. The van der Waals surface area contributed by atoms with E-state index in [2.05, 4.69) is 28.5 Å². The van der Waals surface area contributed by atoms with Crippen LogP contribution >= 0.6 is 0 Å². The number of hydrogen-bond donors (Lipinski definition) is 2. The number of aromatic amines is 1. The van der Waals surface area contributed by atoms with Crippen LogP contribution in [0.3, 0.4) is 0 Å². The highest BCUT2D eigenvalue weighted by molar-refractivity contribution is 5.95. The summed E-state index contributed by atoms with van der Waals surface area (Å²) in [7, 11) is 0. The molecule has 0 aliphatic carbocycles. The summed E-state index contributed by atoms with van der Waals surface area (Å²) in [4.78, 5) is 31.2. The van der Waals surface area contributed by atoms with Gasteiger partial charge >= 0.3 is 12.1 Å². The molecule has 1 aromatic heterocycles. The third-order valence-electron chi connectivity index (χ3n) is 5.60. The zero-order valence-corrected chi connectivity index (χ0v) is 16.4. The molecule has 0 radical (unpaired) electrons. The van der Waals surface area contributed by atoms with Crippen molar-refractivity contribution in [2.45, 2.75) is 6.42 Å². The maximum atomic E-state index is 12.7. The van der Waals surface area contributed by atoms with Gasteiger partial charge < -0.3 is 19.9 Å². The number of amides is 3. The van der Waals surface area contributed by atoms with Gasteiger partial charge in [-0.1, -0.05) is 30.3 Å². The Morgan fingerprint density at radius 1 is 1.10 bits per heavy atom. The summed E-state index contributed by atoms with van der Waals surface area (Å²) in [6.45, 7) is 2.10. The van der Waals surface area contributed by atoms with E-state index >= 15 is 0 Å². The minimum Gasteiger partial charge on any atom is -0.447 e. The van der Waals surface area contributed by atoms with E-state index < -0.39 is 0 Å². The second-order valence-corrected chi connectivity index (χ2v) is 7.42. The zero-order valence-electron chi connectivity index (χ0n) is 16.4. The highest BCUT2D eigenvalue weighted by atomic mass is 16.6. The number of nitrogens with one attached hydrogen (secondary N) is 2. The number of fused-ring (bicyclic) bond motifs is 1. The van der Waals surface area contributed by atoms with E-state index in [1.54, 1.807) is 15.9 Å². The van der Waals surface area contributed by atoms with Crippen LogP contribution in [-0.2, 0) is 4.74 Å². The number of urea groups is 1. The summed E-state index contributed by atoms with van der Waals surface area (Å²) in [5.41, 5.74) is 4.95. The van der Waals surface area contributed by atoms with Crippen LogP contribution in [0.25, 0.3) is 16.5 Å². The van der Waals surface area contributed by atoms with Crippen molar-refractivity contribution >= 4 is 40.0 Å². The number of benzene rings is 2. The number of aromatic nitrogens is 1. The van der Waals surface area contributed by atoms with E-state index in [9.17, 15) is 9.59 Å². The number of hydrogen-bond acceptors (Lipinski definition) is 3. The first-order valence-corrected chi connectivity index (χ1v) is 10.0. The largest absolute Gasteiger partial charge is 0.447 e. The molecule has 7 heteroatoms. The van der Waals surface area contributed by atoms with E-state index in [0.717, 1.165) is 17.6 Å². The van der Waals surface area contributed by atoms with Crippen LogP contribution in [0.5, 0.6) is 0 Å². The van der Waals surface area contributed by atoms with Gasteiger partial charge in [0.25, 0.3) is 0 Å². The van der Waals surface area contributed by atoms with Crippen molar-refractivity contribution in [2.75, 3.05) is 36.5 Å². The van der Waals surface area contributed by atoms with Crippen molar-refractivity contribution in [2.24, 2.45) is 0 Å². The molecule has 3 heterocycles. The van der Waals surface area contributed by atoms with Crippen LogP contribution in [0.2, 0.25) is 0 Å². The van der Waals surface area contributed by atoms with Gasteiger partial charge in [-0.2, -0.15) is 0 Å². The van der Waals surface area contributed by atoms with Gasteiger partial charge in [-0.25, -0.2) is 9.59 Å². The molecule has 3 aromatic rings. The number of H-pyrrole nitrogens is 1. The van der Waals surface area contributed by atoms with Crippen LogP contribution in [0, 0.1) is 0 Å². The second-order valence-electron chi connectivity index (χ2n) is 7.42. The fourth-order valence-corrected chi connectivity index (χ4v) is 4.02. The van der Waals surface area contributed by atoms with Crippen molar-refractivity contribution in [1.82, 2.24) is 9.88 Å². The Balaban J connectivity index is 1.26. The van der Waals surface area contributed by atoms with Gasteiger partial charge in [-0.05, 0) is 36.3 Å². The standard InChI is InChI=1S/C23H22N4O3/c28-22(25-17-4-3-5-18(14-17)27-12-13-30-23(27)29)26-10-8-16(9-11-26)20-15-24-21-7-2-1-6-19(20)21/h1-8,14-15,24H,9-13H2,(H,25,28). The van der Waals surface area contributed by atoms with Crippen molar-refractivity contribution < 1.29 is 14.3 Å². The molecule has 0 spiro atoms. The summed E-state index contributed by atoms with van der Waals surface area (Å²) >= 11 is 0. The van der Waals surface area contributed by atoms with E-state index in [4.69, 9.17) is 4.74 Å². The number of nitrogens with zero attached hydrogens (tertiary/aromatic N) is 2. The van der Waals surface area contributed by atoms with Gasteiger partial charge in [0.1, 0.15) is 6.61 Å². The first-order chi connectivity index (χ1) is 14.7. The summed E-state index contributed by atoms with van der Waals surface area (Å²) in [6, 6.07) is 15.4. The quantitative estimate of drug-likeness (QED) is 0.680. The average molecular weight is 402 g/mol. The molecule has 1 fully saturated rings. The van der Waals surface area contributed by atoms with Crippen molar-refractivity contribution in [3.63, 3.8) is 0 Å². The third-order valence-corrected chi connectivity index (χ3v) is 5.60. The molecule has 7 nitrogen and oxygen atoms in total. The number of ether oxygens (including phenoxy) is 1. The molecule has 0 unspecified atom stereocenters. The van der Waals surface area contributed by atoms with Gasteiger partial charge in [-0.15, -0.1) is 0 Å². The van der Waals surface area contributed by atoms with E-state index in [0.29, 0.717) is 31.9 Å². The van der Waals surface area contributed by atoms with Gasteiger partial charge in [0.2, 0.25) is 0 Å².